The number of carbonyl (C=O) groups is 1. The van der Waals surface area contributed by atoms with Crippen LogP contribution in [0.2, 0.25) is 0 Å². The van der Waals surface area contributed by atoms with E-state index in [4.69, 9.17) is 9.47 Å². The Kier molecular flexibility index (Phi) is 4.75. The molecule has 5 heteroatoms. The fraction of sp³-hybridized carbons (Fsp3) is 0.318. The summed E-state index contributed by atoms with van der Waals surface area (Å²) in [5.41, 5.74) is 3.12. The Morgan fingerprint density at radius 3 is 2.85 bits per heavy atom. The quantitative estimate of drug-likeness (QED) is 0.642. The maximum atomic E-state index is 12.9. The maximum absolute atomic E-state index is 12.9. The Morgan fingerprint density at radius 2 is 2.07 bits per heavy atom. The lowest BCUT2D eigenvalue weighted by Crippen LogP contribution is -2.22. The molecule has 1 saturated carbocycles. The summed E-state index contributed by atoms with van der Waals surface area (Å²) in [7, 11) is 1.63. The molecule has 2 atom stereocenters. The van der Waals surface area contributed by atoms with Crippen LogP contribution in [-0.2, 0) is 4.74 Å². The number of pyridine rings is 2. The molecule has 27 heavy (non-hydrogen) atoms. The van der Waals surface area contributed by atoms with Crippen LogP contribution in [0.25, 0.3) is 10.9 Å². The molecule has 1 aromatic carbocycles. The number of benzene rings is 1. The average molecular weight is 362 g/mol. The van der Waals surface area contributed by atoms with E-state index < -0.39 is 0 Å². The number of nitrogens with zero attached hydrogens (tertiary/aromatic N) is 2. The summed E-state index contributed by atoms with van der Waals surface area (Å²) in [5.74, 6) is 0.647. The zero-order valence-corrected chi connectivity index (χ0v) is 15.5. The predicted molar refractivity (Wildman–Crippen MR) is 103 cm³/mol. The number of hydrogen-bond donors (Lipinski definition) is 0. The third kappa shape index (κ3) is 3.50. The topological polar surface area (TPSA) is 61.3 Å². The normalized spacial score (nSPS) is 19.2. The second kappa shape index (κ2) is 7.35. The van der Waals surface area contributed by atoms with Gasteiger partial charge in [0.2, 0.25) is 0 Å². The zero-order valence-electron chi connectivity index (χ0n) is 15.5. The average Bonchev–Trinajstić information content (AvgIpc) is 3.15. The first kappa shape index (κ1) is 17.5. The Labute approximate surface area is 158 Å². The van der Waals surface area contributed by atoms with Gasteiger partial charge in [-0.15, -0.1) is 0 Å². The van der Waals surface area contributed by atoms with E-state index in [0.29, 0.717) is 11.3 Å². The molecule has 0 amide bonds. The van der Waals surface area contributed by atoms with Crippen molar-refractivity contribution in [2.45, 2.75) is 38.2 Å². The van der Waals surface area contributed by atoms with Crippen LogP contribution in [0.3, 0.4) is 0 Å². The van der Waals surface area contributed by atoms with Crippen LogP contribution >= 0.6 is 0 Å². The number of fused-ring (bicyclic) bond motifs is 1. The number of methoxy groups -OCH3 is 1. The molecule has 0 spiro atoms. The molecule has 2 aromatic heterocycles. The zero-order chi connectivity index (χ0) is 18.8. The van der Waals surface area contributed by atoms with Gasteiger partial charge in [0.05, 0.1) is 23.9 Å². The van der Waals surface area contributed by atoms with E-state index >= 15 is 0 Å². The Bertz CT molecular complexity index is 972. The maximum Gasteiger partial charge on any atom is 0.340 e. The van der Waals surface area contributed by atoms with E-state index in [-0.39, 0.29) is 18.0 Å². The summed E-state index contributed by atoms with van der Waals surface area (Å²) < 4.78 is 11.2. The number of aromatic nitrogens is 2. The van der Waals surface area contributed by atoms with Gasteiger partial charge < -0.3 is 9.47 Å². The van der Waals surface area contributed by atoms with Gasteiger partial charge in [-0.05, 0) is 56.0 Å². The highest BCUT2D eigenvalue weighted by molar-refractivity contribution is 5.95. The van der Waals surface area contributed by atoms with E-state index in [1.165, 1.54) is 0 Å². The van der Waals surface area contributed by atoms with Crippen molar-refractivity contribution in [1.29, 1.82) is 0 Å². The molecule has 2 heterocycles. The van der Waals surface area contributed by atoms with Gasteiger partial charge in [-0.1, -0.05) is 6.07 Å². The molecule has 138 valence electrons. The highest BCUT2D eigenvalue weighted by Gasteiger charge is 2.32. The first-order chi connectivity index (χ1) is 13.2. The molecule has 3 aromatic rings. The van der Waals surface area contributed by atoms with Crippen LogP contribution < -0.4 is 4.74 Å². The van der Waals surface area contributed by atoms with Crippen molar-refractivity contribution in [2.24, 2.45) is 0 Å². The first-order valence-electron chi connectivity index (χ1n) is 9.22. The third-order valence-electron chi connectivity index (χ3n) is 5.26. The lowest BCUT2D eigenvalue weighted by molar-refractivity contribution is 0.0277. The molecule has 5 nitrogen and oxygen atoms in total. The molecule has 0 radical (unpaired) electrons. The van der Waals surface area contributed by atoms with E-state index in [0.717, 1.165) is 41.5 Å². The number of carbonyl (C=O) groups excluding carboxylic acids is 1. The fourth-order valence-electron chi connectivity index (χ4n) is 3.82. The smallest absolute Gasteiger partial charge is 0.340 e. The van der Waals surface area contributed by atoms with E-state index in [2.05, 4.69) is 16.0 Å². The third-order valence-corrected chi connectivity index (χ3v) is 5.26. The Hall–Kier alpha value is -2.95. The lowest BCUT2D eigenvalue weighted by Gasteiger charge is -2.20. The van der Waals surface area contributed by atoms with Crippen molar-refractivity contribution in [3.05, 3.63) is 65.6 Å². The summed E-state index contributed by atoms with van der Waals surface area (Å²) in [6.07, 6.45) is 6.45. The number of esters is 1. The molecule has 0 bridgehead atoms. The monoisotopic (exact) mass is 362 g/mol. The summed E-state index contributed by atoms with van der Waals surface area (Å²) in [6, 6.07) is 11.5. The van der Waals surface area contributed by atoms with Crippen LogP contribution in [0.15, 0.2) is 48.8 Å². The van der Waals surface area contributed by atoms with E-state index in [1.807, 2.05) is 43.5 Å². The van der Waals surface area contributed by atoms with Gasteiger partial charge in [-0.25, -0.2) is 4.79 Å². The largest absolute Gasteiger partial charge is 0.497 e. The van der Waals surface area contributed by atoms with Crippen LogP contribution in [0.1, 0.15) is 46.8 Å². The van der Waals surface area contributed by atoms with Crippen molar-refractivity contribution < 1.29 is 14.3 Å². The van der Waals surface area contributed by atoms with Crippen molar-refractivity contribution in [1.82, 2.24) is 9.97 Å². The van der Waals surface area contributed by atoms with Crippen LogP contribution in [-0.4, -0.2) is 29.2 Å². The predicted octanol–water partition coefficient (Wildman–Crippen LogP) is 4.44. The first-order valence-corrected chi connectivity index (χ1v) is 9.22. The molecule has 2 unspecified atom stereocenters. The second-order valence-corrected chi connectivity index (χ2v) is 6.95. The van der Waals surface area contributed by atoms with Gasteiger partial charge in [0, 0.05) is 29.8 Å². The lowest BCUT2D eigenvalue weighted by atomic mass is 9.97. The molecule has 1 aliphatic rings. The van der Waals surface area contributed by atoms with Gasteiger partial charge in [0.25, 0.3) is 0 Å². The summed E-state index contributed by atoms with van der Waals surface area (Å²) in [6.45, 7) is 1.84. The minimum atomic E-state index is -0.307. The molecular weight excluding hydrogens is 340 g/mol. The molecule has 1 aliphatic carbocycles. The SMILES string of the molecule is COc1ccc2cc(C(=O)OC3CCCC3c3cccnc3)c(C)nc2c1. The van der Waals surface area contributed by atoms with Crippen LogP contribution in [0, 0.1) is 6.92 Å². The number of rotatable bonds is 4. The Morgan fingerprint density at radius 1 is 1.19 bits per heavy atom. The van der Waals surface area contributed by atoms with E-state index in [9.17, 15) is 4.79 Å². The standard InChI is InChI=1S/C22H22N2O3/c1-14-19(11-15-8-9-17(26-2)12-20(15)24-14)22(25)27-21-7-3-6-18(21)16-5-4-10-23-13-16/h4-5,8-13,18,21H,3,6-7H2,1-2H3. The fourth-order valence-corrected chi connectivity index (χ4v) is 3.82. The van der Waals surface area contributed by atoms with Gasteiger partial charge in [-0.2, -0.15) is 0 Å². The Balaban J connectivity index is 1.58. The van der Waals surface area contributed by atoms with Crippen molar-refractivity contribution in [3.63, 3.8) is 0 Å². The summed E-state index contributed by atoms with van der Waals surface area (Å²) >= 11 is 0. The highest BCUT2D eigenvalue weighted by atomic mass is 16.5. The minimum Gasteiger partial charge on any atom is -0.497 e. The van der Waals surface area contributed by atoms with Crippen LogP contribution in [0.4, 0.5) is 0 Å². The molecule has 1 fully saturated rings. The number of aryl methyl sites for hydroxylation is 1. The molecule has 0 aliphatic heterocycles. The summed E-state index contributed by atoms with van der Waals surface area (Å²) in [5, 5.41) is 0.892. The highest BCUT2D eigenvalue weighted by Crippen LogP contribution is 2.37. The van der Waals surface area contributed by atoms with E-state index in [1.54, 1.807) is 13.3 Å². The minimum absolute atomic E-state index is 0.118. The van der Waals surface area contributed by atoms with Gasteiger partial charge in [0.1, 0.15) is 11.9 Å². The van der Waals surface area contributed by atoms with Gasteiger partial charge in [0.15, 0.2) is 0 Å². The molecule has 4 rings (SSSR count). The van der Waals surface area contributed by atoms with Gasteiger partial charge in [-0.3, -0.25) is 9.97 Å². The molecule has 0 N–H and O–H groups in total. The van der Waals surface area contributed by atoms with Crippen molar-refractivity contribution >= 4 is 16.9 Å². The van der Waals surface area contributed by atoms with Crippen molar-refractivity contribution in [2.75, 3.05) is 7.11 Å². The summed E-state index contributed by atoms with van der Waals surface area (Å²) in [4.78, 5) is 21.6. The van der Waals surface area contributed by atoms with Crippen molar-refractivity contribution in [3.8, 4) is 5.75 Å². The second-order valence-electron chi connectivity index (χ2n) is 6.95. The van der Waals surface area contributed by atoms with Crippen LogP contribution in [0.5, 0.6) is 5.75 Å². The van der Waals surface area contributed by atoms with Gasteiger partial charge >= 0.3 is 5.97 Å². The molecule has 0 saturated heterocycles. The number of ether oxygens (including phenoxy) is 2. The molecular formula is C22H22N2O3. The number of hydrogen-bond acceptors (Lipinski definition) is 5.